The largest absolute Gasteiger partial charge is 0.459 e. The van der Waals surface area contributed by atoms with Gasteiger partial charge in [-0.2, -0.15) is 0 Å². The topological polar surface area (TPSA) is 65.8 Å². The van der Waals surface area contributed by atoms with Gasteiger partial charge in [0.15, 0.2) is 5.76 Å². The molecule has 1 aromatic heterocycles. The third-order valence-corrected chi connectivity index (χ3v) is 4.97. The highest BCUT2D eigenvalue weighted by molar-refractivity contribution is 5.91. The summed E-state index contributed by atoms with van der Waals surface area (Å²) < 4.78 is 5.18. The minimum atomic E-state index is -0.0839. The number of rotatable bonds is 5. The van der Waals surface area contributed by atoms with Crippen LogP contribution in [0.2, 0.25) is 0 Å². The Morgan fingerprint density at radius 1 is 1.22 bits per heavy atom. The summed E-state index contributed by atoms with van der Waals surface area (Å²) in [6, 6.07) is 11.7. The summed E-state index contributed by atoms with van der Waals surface area (Å²) >= 11 is 0. The Hall–Kier alpha value is -2.76. The zero-order valence-electron chi connectivity index (χ0n) is 16.0. The molecule has 0 bridgehead atoms. The molecular weight excluding hydrogens is 342 g/mol. The van der Waals surface area contributed by atoms with Gasteiger partial charge in [0, 0.05) is 32.2 Å². The van der Waals surface area contributed by atoms with E-state index in [1.165, 1.54) is 11.8 Å². The number of furan rings is 1. The van der Waals surface area contributed by atoms with Crippen molar-refractivity contribution >= 4 is 11.9 Å². The zero-order chi connectivity index (χ0) is 19.2. The fourth-order valence-corrected chi connectivity index (χ4v) is 3.41. The summed E-state index contributed by atoms with van der Waals surface area (Å²) in [6.45, 7) is 6.52. The summed E-state index contributed by atoms with van der Waals surface area (Å²) in [4.78, 5) is 28.6. The number of hydrogen-bond donors (Lipinski definition) is 1. The fraction of sp³-hybridized carbons (Fsp3) is 0.429. The Balaban J connectivity index is 1.50. The predicted molar refractivity (Wildman–Crippen MR) is 103 cm³/mol. The van der Waals surface area contributed by atoms with E-state index in [-0.39, 0.29) is 18.0 Å². The lowest BCUT2D eigenvalue weighted by molar-refractivity contribution is 0.0674. The number of amides is 3. The molecule has 2 heterocycles. The van der Waals surface area contributed by atoms with Gasteiger partial charge in [-0.05, 0) is 44.4 Å². The van der Waals surface area contributed by atoms with Crippen molar-refractivity contribution < 1.29 is 14.0 Å². The van der Waals surface area contributed by atoms with Gasteiger partial charge in [-0.25, -0.2) is 4.79 Å². The number of aryl methyl sites for hydroxylation is 1. The van der Waals surface area contributed by atoms with E-state index in [4.69, 9.17) is 4.42 Å². The summed E-state index contributed by atoms with van der Waals surface area (Å²) in [6.07, 6.45) is 3.01. The molecule has 1 aliphatic heterocycles. The number of carbonyl (C=O) groups excluding carboxylic acids is 2. The number of benzene rings is 1. The van der Waals surface area contributed by atoms with Crippen LogP contribution in [0.5, 0.6) is 0 Å². The van der Waals surface area contributed by atoms with E-state index in [0.29, 0.717) is 31.9 Å². The molecular formula is C21H27N3O3. The molecule has 0 unspecified atom stereocenters. The summed E-state index contributed by atoms with van der Waals surface area (Å²) in [5.41, 5.74) is 2.32. The highest BCUT2D eigenvalue weighted by Gasteiger charge is 2.26. The standard InChI is InChI=1S/C21H27N3O3/c1-3-23(15-17-7-4-6-16(2)14-17)21(26)22-18-9-11-24(12-10-18)20(25)19-8-5-13-27-19/h4-8,13-14,18H,3,9-12,15H2,1-2H3,(H,22,26). The first-order valence-electron chi connectivity index (χ1n) is 9.50. The van der Waals surface area contributed by atoms with Crippen LogP contribution in [-0.2, 0) is 6.54 Å². The van der Waals surface area contributed by atoms with E-state index in [0.717, 1.165) is 18.4 Å². The van der Waals surface area contributed by atoms with E-state index in [1.54, 1.807) is 17.0 Å². The molecule has 0 radical (unpaired) electrons. The van der Waals surface area contributed by atoms with Crippen LogP contribution in [0, 0.1) is 6.92 Å². The smallest absolute Gasteiger partial charge is 0.317 e. The van der Waals surface area contributed by atoms with Crippen molar-refractivity contribution in [1.29, 1.82) is 0 Å². The van der Waals surface area contributed by atoms with Gasteiger partial charge in [-0.15, -0.1) is 0 Å². The number of nitrogens with one attached hydrogen (secondary N) is 1. The summed E-state index contributed by atoms with van der Waals surface area (Å²) in [5, 5.41) is 3.12. The molecule has 27 heavy (non-hydrogen) atoms. The van der Waals surface area contributed by atoms with Crippen LogP contribution in [0.15, 0.2) is 47.1 Å². The highest BCUT2D eigenvalue weighted by atomic mass is 16.3. The molecule has 0 spiro atoms. The van der Waals surface area contributed by atoms with Crippen molar-refractivity contribution in [2.75, 3.05) is 19.6 Å². The zero-order valence-corrected chi connectivity index (χ0v) is 16.0. The molecule has 1 fully saturated rings. The fourth-order valence-electron chi connectivity index (χ4n) is 3.41. The van der Waals surface area contributed by atoms with E-state index in [9.17, 15) is 9.59 Å². The van der Waals surface area contributed by atoms with Crippen molar-refractivity contribution in [3.05, 3.63) is 59.5 Å². The third kappa shape index (κ3) is 4.90. The van der Waals surface area contributed by atoms with Gasteiger partial charge in [0.25, 0.3) is 5.91 Å². The second kappa shape index (κ2) is 8.75. The molecule has 144 valence electrons. The van der Waals surface area contributed by atoms with Gasteiger partial charge in [0.2, 0.25) is 0 Å². The van der Waals surface area contributed by atoms with Crippen molar-refractivity contribution in [3.63, 3.8) is 0 Å². The maximum atomic E-state index is 12.7. The summed E-state index contributed by atoms with van der Waals surface area (Å²) in [7, 11) is 0. The average molecular weight is 369 g/mol. The van der Waals surface area contributed by atoms with Gasteiger partial charge in [0.05, 0.1) is 6.26 Å². The minimum Gasteiger partial charge on any atom is -0.459 e. The lowest BCUT2D eigenvalue weighted by Gasteiger charge is -2.33. The highest BCUT2D eigenvalue weighted by Crippen LogP contribution is 2.15. The van der Waals surface area contributed by atoms with E-state index < -0.39 is 0 Å². The first-order chi connectivity index (χ1) is 13.1. The van der Waals surface area contributed by atoms with Crippen LogP contribution < -0.4 is 5.32 Å². The average Bonchev–Trinajstić information content (AvgIpc) is 3.21. The van der Waals surface area contributed by atoms with Crippen LogP contribution in [0.1, 0.15) is 41.4 Å². The maximum absolute atomic E-state index is 12.7. The number of urea groups is 1. The van der Waals surface area contributed by atoms with Crippen molar-refractivity contribution in [2.45, 2.75) is 39.3 Å². The van der Waals surface area contributed by atoms with Crippen LogP contribution in [0.4, 0.5) is 4.79 Å². The molecule has 1 N–H and O–H groups in total. The van der Waals surface area contributed by atoms with E-state index in [1.807, 2.05) is 24.0 Å². The number of hydrogen-bond acceptors (Lipinski definition) is 3. The van der Waals surface area contributed by atoms with Crippen molar-refractivity contribution in [1.82, 2.24) is 15.1 Å². The number of carbonyl (C=O) groups is 2. The molecule has 1 saturated heterocycles. The van der Waals surface area contributed by atoms with E-state index in [2.05, 4.69) is 24.4 Å². The molecule has 1 aromatic carbocycles. The van der Waals surface area contributed by atoms with Crippen LogP contribution in [0.25, 0.3) is 0 Å². The Morgan fingerprint density at radius 2 is 2.00 bits per heavy atom. The normalized spacial score (nSPS) is 14.8. The molecule has 3 amide bonds. The monoisotopic (exact) mass is 369 g/mol. The Kier molecular flexibility index (Phi) is 6.16. The molecule has 6 heteroatoms. The first kappa shape index (κ1) is 19.0. The second-order valence-electron chi connectivity index (χ2n) is 7.00. The number of piperidine rings is 1. The maximum Gasteiger partial charge on any atom is 0.317 e. The Bertz CT molecular complexity index is 765. The number of likely N-dealkylation sites (tertiary alicyclic amines) is 1. The van der Waals surface area contributed by atoms with Gasteiger partial charge in [-0.3, -0.25) is 4.79 Å². The van der Waals surface area contributed by atoms with Crippen molar-refractivity contribution in [2.24, 2.45) is 0 Å². The molecule has 0 saturated carbocycles. The van der Waals surface area contributed by atoms with Crippen LogP contribution in [0.3, 0.4) is 0 Å². The van der Waals surface area contributed by atoms with Gasteiger partial charge >= 0.3 is 6.03 Å². The second-order valence-corrected chi connectivity index (χ2v) is 7.00. The van der Waals surface area contributed by atoms with Gasteiger partial charge in [-0.1, -0.05) is 29.8 Å². The lowest BCUT2D eigenvalue weighted by atomic mass is 10.0. The molecule has 1 aliphatic rings. The molecule has 0 aliphatic carbocycles. The molecule has 0 atom stereocenters. The first-order valence-corrected chi connectivity index (χ1v) is 9.50. The predicted octanol–water partition coefficient (Wildman–Crippen LogP) is 3.42. The summed E-state index contributed by atoms with van der Waals surface area (Å²) in [5.74, 6) is 0.284. The van der Waals surface area contributed by atoms with Crippen LogP contribution in [-0.4, -0.2) is 47.4 Å². The van der Waals surface area contributed by atoms with Gasteiger partial charge < -0.3 is 19.5 Å². The third-order valence-electron chi connectivity index (χ3n) is 4.97. The Morgan fingerprint density at radius 3 is 2.63 bits per heavy atom. The van der Waals surface area contributed by atoms with Gasteiger partial charge in [0.1, 0.15) is 0 Å². The van der Waals surface area contributed by atoms with Crippen LogP contribution >= 0.6 is 0 Å². The molecule has 3 rings (SSSR count). The Labute approximate surface area is 160 Å². The molecule has 6 nitrogen and oxygen atoms in total. The quantitative estimate of drug-likeness (QED) is 0.878. The van der Waals surface area contributed by atoms with E-state index >= 15 is 0 Å². The number of nitrogens with zero attached hydrogens (tertiary/aromatic N) is 2. The molecule has 2 aromatic rings. The minimum absolute atomic E-state index is 0.0465. The SMILES string of the molecule is CCN(Cc1cccc(C)c1)C(=O)NC1CCN(C(=O)c2ccco2)CC1. The van der Waals surface area contributed by atoms with Crippen molar-refractivity contribution in [3.8, 4) is 0 Å². The lowest BCUT2D eigenvalue weighted by Crippen LogP contribution is -2.50.